The molecule has 18 heavy (non-hydrogen) atoms. The maximum absolute atomic E-state index is 13.7. The minimum absolute atomic E-state index is 0.336. The Labute approximate surface area is 105 Å². The lowest BCUT2D eigenvalue weighted by Gasteiger charge is -2.10. The molecule has 0 aromatic heterocycles. The van der Waals surface area contributed by atoms with Gasteiger partial charge in [0, 0.05) is 0 Å². The number of hydrogen-bond acceptors (Lipinski definition) is 3. The molecule has 0 atom stereocenters. The molecule has 0 aliphatic rings. The molecular formula is C14H12FN3. The van der Waals surface area contributed by atoms with E-state index in [1.807, 2.05) is 13.0 Å². The minimum Gasteiger partial charge on any atom is -0.397 e. The van der Waals surface area contributed by atoms with Gasteiger partial charge in [-0.25, -0.2) is 4.39 Å². The van der Waals surface area contributed by atoms with Crippen LogP contribution in [-0.2, 0) is 0 Å². The third-order valence-electron chi connectivity index (χ3n) is 2.58. The van der Waals surface area contributed by atoms with Crippen LogP contribution in [0, 0.1) is 24.1 Å². The van der Waals surface area contributed by atoms with E-state index in [1.54, 1.807) is 30.3 Å². The van der Waals surface area contributed by atoms with E-state index in [-0.39, 0.29) is 5.82 Å². The topological polar surface area (TPSA) is 61.8 Å². The minimum atomic E-state index is -0.350. The highest BCUT2D eigenvalue weighted by atomic mass is 19.1. The van der Waals surface area contributed by atoms with Crippen molar-refractivity contribution >= 4 is 17.1 Å². The van der Waals surface area contributed by atoms with E-state index >= 15 is 0 Å². The summed E-state index contributed by atoms with van der Waals surface area (Å²) in [6.07, 6.45) is 0. The number of hydrogen-bond donors (Lipinski definition) is 2. The number of nitrogen functional groups attached to an aromatic ring is 1. The van der Waals surface area contributed by atoms with E-state index in [1.165, 1.54) is 6.07 Å². The summed E-state index contributed by atoms with van der Waals surface area (Å²) in [5.74, 6) is -0.350. The number of aryl methyl sites for hydroxylation is 1. The quantitative estimate of drug-likeness (QED) is 0.793. The fourth-order valence-corrected chi connectivity index (χ4v) is 1.60. The van der Waals surface area contributed by atoms with Crippen LogP contribution in [-0.4, -0.2) is 0 Å². The summed E-state index contributed by atoms with van der Waals surface area (Å²) < 4.78 is 13.7. The van der Waals surface area contributed by atoms with Crippen LogP contribution in [0.5, 0.6) is 0 Å². The van der Waals surface area contributed by atoms with Crippen molar-refractivity contribution < 1.29 is 4.39 Å². The van der Waals surface area contributed by atoms with Crippen molar-refractivity contribution in [2.45, 2.75) is 6.92 Å². The molecule has 0 bridgehead atoms. The Morgan fingerprint density at radius 1 is 1.17 bits per heavy atom. The highest BCUT2D eigenvalue weighted by Gasteiger charge is 2.05. The fourth-order valence-electron chi connectivity index (χ4n) is 1.60. The molecule has 0 fully saturated rings. The van der Waals surface area contributed by atoms with E-state index in [0.717, 1.165) is 5.56 Å². The first kappa shape index (κ1) is 11.9. The number of nitrogens with one attached hydrogen (secondary N) is 1. The Balaban J connectivity index is 2.37. The first-order chi connectivity index (χ1) is 8.60. The first-order valence-corrected chi connectivity index (χ1v) is 5.43. The zero-order valence-electron chi connectivity index (χ0n) is 9.87. The van der Waals surface area contributed by atoms with E-state index in [9.17, 15) is 4.39 Å². The molecule has 0 saturated carbocycles. The molecule has 0 radical (unpaired) electrons. The van der Waals surface area contributed by atoms with Crippen molar-refractivity contribution in [1.82, 2.24) is 0 Å². The van der Waals surface area contributed by atoms with Crippen molar-refractivity contribution in [3.63, 3.8) is 0 Å². The summed E-state index contributed by atoms with van der Waals surface area (Å²) in [4.78, 5) is 0. The van der Waals surface area contributed by atoms with Gasteiger partial charge in [-0.2, -0.15) is 5.26 Å². The second kappa shape index (κ2) is 4.76. The number of nitriles is 1. The summed E-state index contributed by atoms with van der Waals surface area (Å²) in [5.41, 5.74) is 8.42. The average molecular weight is 241 g/mol. The van der Waals surface area contributed by atoms with Gasteiger partial charge in [0.15, 0.2) is 0 Å². The Morgan fingerprint density at radius 2 is 1.94 bits per heavy atom. The normalized spacial score (nSPS) is 9.83. The molecule has 0 aliphatic carbocycles. The van der Waals surface area contributed by atoms with Gasteiger partial charge in [-0.05, 0) is 42.8 Å². The van der Waals surface area contributed by atoms with Gasteiger partial charge in [0.05, 0.1) is 28.7 Å². The maximum atomic E-state index is 13.7. The van der Waals surface area contributed by atoms with Crippen LogP contribution in [0.1, 0.15) is 11.1 Å². The maximum Gasteiger partial charge on any atom is 0.146 e. The van der Waals surface area contributed by atoms with E-state index in [0.29, 0.717) is 22.6 Å². The number of anilines is 3. The lowest BCUT2D eigenvalue weighted by Crippen LogP contribution is -1.99. The highest BCUT2D eigenvalue weighted by molar-refractivity contribution is 5.74. The molecule has 2 aromatic carbocycles. The summed E-state index contributed by atoms with van der Waals surface area (Å²) in [7, 11) is 0. The zero-order valence-corrected chi connectivity index (χ0v) is 9.87. The van der Waals surface area contributed by atoms with E-state index in [4.69, 9.17) is 11.0 Å². The van der Waals surface area contributed by atoms with Crippen molar-refractivity contribution in [2.75, 3.05) is 11.1 Å². The van der Waals surface area contributed by atoms with E-state index < -0.39 is 0 Å². The number of rotatable bonds is 2. The van der Waals surface area contributed by atoms with Gasteiger partial charge >= 0.3 is 0 Å². The second-order valence-corrected chi connectivity index (χ2v) is 4.02. The largest absolute Gasteiger partial charge is 0.397 e. The second-order valence-electron chi connectivity index (χ2n) is 4.02. The molecule has 3 N–H and O–H groups in total. The number of halogens is 1. The van der Waals surface area contributed by atoms with Crippen LogP contribution in [0.4, 0.5) is 21.5 Å². The van der Waals surface area contributed by atoms with Crippen LogP contribution in [0.15, 0.2) is 36.4 Å². The van der Waals surface area contributed by atoms with Gasteiger partial charge in [0.25, 0.3) is 0 Å². The standard InChI is InChI=1S/C14H12FN3/c1-9-2-5-13(11(15)6-9)18-14-7-10(8-16)3-4-12(14)17/h2-7,18H,17H2,1H3. The van der Waals surface area contributed by atoms with Gasteiger partial charge in [0.1, 0.15) is 5.82 Å². The zero-order chi connectivity index (χ0) is 13.1. The van der Waals surface area contributed by atoms with Crippen LogP contribution in [0.3, 0.4) is 0 Å². The molecule has 4 heteroatoms. The Bertz CT molecular complexity index is 629. The first-order valence-electron chi connectivity index (χ1n) is 5.43. The van der Waals surface area contributed by atoms with Crippen molar-refractivity contribution in [2.24, 2.45) is 0 Å². The summed E-state index contributed by atoms with van der Waals surface area (Å²) >= 11 is 0. The predicted octanol–water partition coefficient (Wildman–Crippen LogP) is 3.33. The molecule has 0 aliphatic heterocycles. The van der Waals surface area contributed by atoms with Crippen LogP contribution in [0.25, 0.3) is 0 Å². The summed E-state index contributed by atoms with van der Waals surface area (Å²) in [5, 5.41) is 11.7. The Hall–Kier alpha value is -2.54. The fraction of sp³-hybridized carbons (Fsp3) is 0.0714. The molecule has 90 valence electrons. The van der Waals surface area contributed by atoms with Gasteiger partial charge < -0.3 is 11.1 Å². The van der Waals surface area contributed by atoms with Gasteiger partial charge in [-0.1, -0.05) is 6.07 Å². The highest BCUT2D eigenvalue weighted by Crippen LogP contribution is 2.26. The Kier molecular flexibility index (Phi) is 3.16. The molecule has 3 nitrogen and oxygen atoms in total. The molecule has 0 heterocycles. The number of nitrogens with zero attached hydrogens (tertiary/aromatic N) is 1. The molecule has 0 saturated heterocycles. The van der Waals surface area contributed by atoms with Crippen molar-refractivity contribution in [3.8, 4) is 6.07 Å². The van der Waals surface area contributed by atoms with Gasteiger partial charge in [-0.3, -0.25) is 0 Å². The predicted molar refractivity (Wildman–Crippen MR) is 70.0 cm³/mol. The number of benzene rings is 2. The average Bonchev–Trinajstić information content (AvgIpc) is 2.35. The molecule has 2 aromatic rings. The third kappa shape index (κ3) is 2.41. The van der Waals surface area contributed by atoms with Gasteiger partial charge in [0.2, 0.25) is 0 Å². The molecule has 2 rings (SSSR count). The molecule has 0 amide bonds. The SMILES string of the molecule is Cc1ccc(Nc2cc(C#N)ccc2N)c(F)c1. The van der Waals surface area contributed by atoms with E-state index in [2.05, 4.69) is 5.32 Å². The summed E-state index contributed by atoms with van der Waals surface area (Å²) in [6.45, 7) is 1.82. The van der Waals surface area contributed by atoms with Crippen molar-refractivity contribution in [3.05, 3.63) is 53.3 Å². The molecular weight excluding hydrogens is 229 g/mol. The van der Waals surface area contributed by atoms with Crippen LogP contribution in [0.2, 0.25) is 0 Å². The third-order valence-corrected chi connectivity index (χ3v) is 2.58. The number of nitrogens with two attached hydrogens (primary N) is 1. The molecule has 0 unspecified atom stereocenters. The summed E-state index contributed by atoms with van der Waals surface area (Å²) in [6, 6.07) is 11.7. The monoisotopic (exact) mass is 241 g/mol. The van der Waals surface area contributed by atoms with Crippen molar-refractivity contribution in [1.29, 1.82) is 5.26 Å². The lowest BCUT2D eigenvalue weighted by molar-refractivity contribution is 0.631. The Morgan fingerprint density at radius 3 is 2.61 bits per heavy atom. The van der Waals surface area contributed by atoms with Crippen LogP contribution >= 0.6 is 0 Å². The lowest BCUT2D eigenvalue weighted by atomic mass is 10.1. The smallest absolute Gasteiger partial charge is 0.146 e. The van der Waals surface area contributed by atoms with Gasteiger partial charge in [-0.15, -0.1) is 0 Å². The molecule has 0 spiro atoms. The van der Waals surface area contributed by atoms with Crippen LogP contribution < -0.4 is 11.1 Å².